The zero-order valence-corrected chi connectivity index (χ0v) is 31.9. The molecule has 2 heterocycles. The van der Waals surface area contributed by atoms with Crippen molar-refractivity contribution in [2.75, 3.05) is 19.8 Å². The average molecular weight is 667 g/mol. The van der Waals surface area contributed by atoms with Gasteiger partial charge in [-0.3, -0.25) is 4.79 Å². The summed E-state index contributed by atoms with van der Waals surface area (Å²) < 4.78 is 16.0. The molecule has 0 spiro atoms. The minimum Gasteiger partial charge on any atom is -0.481 e. The molecule has 4 fully saturated rings. The first-order valence-electron chi connectivity index (χ1n) is 19.1. The Kier molecular flexibility index (Phi) is 8.93. The van der Waals surface area contributed by atoms with E-state index in [-0.39, 0.29) is 45.1 Å². The Morgan fingerprint density at radius 1 is 1.12 bits per heavy atom. The molecule has 0 amide bonds. The SMILES string of the molecule is CCc1ncnn1[C@@H]1C[C@@]23COC[C@](C)([C@@H]2CC[C@H]2C3=CC[C@@]3(C)[C@H](C(=O)O)[C@@](C)([C@H](C)C(C)C)CC[C@]23C)[C@H]1OC[C@](C)(N)C(C)C. The molecule has 6 rings (SSSR count). The van der Waals surface area contributed by atoms with Crippen molar-refractivity contribution in [3.8, 4) is 0 Å². The molecule has 1 aromatic rings. The second kappa shape index (κ2) is 11.9. The lowest BCUT2D eigenvalue weighted by atomic mass is 9.34. The van der Waals surface area contributed by atoms with Crippen LogP contribution >= 0.6 is 0 Å². The molecule has 5 aliphatic rings. The van der Waals surface area contributed by atoms with Gasteiger partial charge in [0, 0.05) is 22.8 Å². The number of aromatic nitrogens is 3. The molecule has 1 aliphatic heterocycles. The molecular weight excluding hydrogens is 600 g/mol. The third kappa shape index (κ3) is 4.87. The summed E-state index contributed by atoms with van der Waals surface area (Å²) in [6.07, 6.45) is 10.8. The van der Waals surface area contributed by atoms with E-state index < -0.39 is 17.4 Å². The first-order chi connectivity index (χ1) is 22.3. The maximum atomic E-state index is 13.5. The van der Waals surface area contributed by atoms with E-state index >= 15 is 0 Å². The molecule has 4 aliphatic carbocycles. The van der Waals surface area contributed by atoms with Crippen LogP contribution in [0.15, 0.2) is 18.0 Å². The van der Waals surface area contributed by atoms with Crippen molar-refractivity contribution >= 4 is 5.97 Å². The molecule has 0 unspecified atom stereocenters. The number of rotatable bonds is 9. The van der Waals surface area contributed by atoms with Gasteiger partial charge in [-0.15, -0.1) is 0 Å². The highest BCUT2D eigenvalue weighted by atomic mass is 16.5. The minimum atomic E-state index is -0.611. The van der Waals surface area contributed by atoms with E-state index in [9.17, 15) is 9.90 Å². The predicted molar refractivity (Wildman–Crippen MR) is 189 cm³/mol. The summed E-state index contributed by atoms with van der Waals surface area (Å²) in [6, 6.07) is 0.00429. The number of aliphatic carboxylic acids is 1. The predicted octanol–water partition coefficient (Wildman–Crippen LogP) is 7.73. The fourth-order valence-corrected chi connectivity index (χ4v) is 12.4. The van der Waals surface area contributed by atoms with Crippen LogP contribution in [0.4, 0.5) is 0 Å². The summed E-state index contributed by atoms with van der Waals surface area (Å²) in [5.74, 6) is 1.74. The van der Waals surface area contributed by atoms with Crippen molar-refractivity contribution in [1.82, 2.24) is 14.8 Å². The second-order valence-electron chi connectivity index (χ2n) is 19.0. The molecular formula is C40H66N4O4. The van der Waals surface area contributed by atoms with Gasteiger partial charge in [0.15, 0.2) is 0 Å². The van der Waals surface area contributed by atoms with Crippen LogP contribution in [0.5, 0.6) is 0 Å². The molecule has 48 heavy (non-hydrogen) atoms. The number of carboxylic acid groups (broad SMARTS) is 1. The molecule has 2 bridgehead atoms. The first-order valence-corrected chi connectivity index (χ1v) is 19.1. The topological polar surface area (TPSA) is 112 Å². The number of aryl methyl sites for hydroxylation is 1. The number of nitrogens with two attached hydrogens (primary N) is 1. The normalized spacial score (nSPS) is 44.3. The minimum absolute atomic E-state index is 0.00429. The van der Waals surface area contributed by atoms with Crippen molar-refractivity contribution in [3.05, 3.63) is 23.8 Å². The Morgan fingerprint density at radius 3 is 2.46 bits per heavy atom. The van der Waals surface area contributed by atoms with Crippen LogP contribution in [0, 0.1) is 62.6 Å². The lowest BCUT2D eigenvalue weighted by Gasteiger charge is -2.71. The largest absolute Gasteiger partial charge is 0.481 e. The van der Waals surface area contributed by atoms with Gasteiger partial charge in [-0.05, 0) is 91.3 Å². The van der Waals surface area contributed by atoms with E-state index in [0.29, 0.717) is 43.5 Å². The van der Waals surface area contributed by atoms with Crippen LogP contribution in [-0.2, 0) is 20.7 Å². The van der Waals surface area contributed by atoms with Crippen LogP contribution in [0.1, 0.15) is 127 Å². The second-order valence-corrected chi connectivity index (χ2v) is 19.0. The summed E-state index contributed by atoms with van der Waals surface area (Å²) in [5, 5.41) is 15.9. The summed E-state index contributed by atoms with van der Waals surface area (Å²) in [7, 11) is 0. The van der Waals surface area contributed by atoms with Gasteiger partial charge in [-0.1, -0.05) is 80.9 Å². The van der Waals surface area contributed by atoms with E-state index in [1.54, 1.807) is 11.9 Å². The lowest BCUT2D eigenvalue weighted by Crippen LogP contribution is -2.69. The molecule has 1 saturated heterocycles. The number of carboxylic acids is 1. The number of nitrogens with zero attached hydrogens (tertiary/aromatic N) is 3. The van der Waals surface area contributed by atoms with Crippen LogP contribution in [0.3, 0.4) is 0 Å². The number of carbonyl (C=O) groups is 1. The van der Waals surface area contributed by atoms with E-state index in [4.69, 9.17) is 25.3 Å². The lowest BCUT2D eigenvalue weighted by molar-refractivity contribution is -0.253. The van der Waals surface area contributed by atoms with E-state index in [0.717, 1.165) is 50.8 Å². The highest BCUT2D eigenvalue weighted by molar-refractivity contribution is 5.73. The van der Waals surface area contributed by atoms with Gasteiger partial charge in [0.05, 0.1) is 37.9 Å². The van der Waals surface area contributed by atoms with Gasteiger partial charge in [-0.2, -0.15) is 5.10 Å². The average Bonchev–Trinajstić information content (AvgIpc) is 3.49. The van der Waals surface area contributed by atoms with E-state index in [2.05, 4.69) is 86.9 Å². The van der Waals surface area contributed by atoms with Gasteiger partial charge >= 0.3 is 5.97 Å². The maximum absolute atomic E-state index is 13.5. The number of ether oxygens (including phenoxy) is 2. The molecule has 3 saturated carbocycles. The van der Waals surface area contributed by atoms with Crippen LogP contribution in [-0.4, -0.2) is 57.3 Å². The zero-order chi connectivity index (χ0) is 35.2. The van der Waals surface area contributed by atoms with Crippen molar-refractivity contribution in [2.45, 2.75) is 139 Å². The quantitative estimate of drug-likeness (QED) is 0.260. The number of fused-ring (bicyclic) bond motifs is 3. The number of hydrogen-bond donors (Lipinski definition) is 2. The van der Waals surface area contributed by atoms with Crippen LogP contribution < -0.4 is 5.73 Å². The molecule has 1 aromatic heterocycles. The van der Waals surface area contributed by atoms with Crippen molar-refractivity contribution < 1.29 is 19.4 Å². The molecule has 270 valence electrons. The Bertz CT molecular complexity index is 1420. The maximum Gasteiger partial charge on any atom is 0.307 e. The Balaban J connectivity index is 1.46. The van der Waals surface area contributed by atoms with Gasteiger partial charge in [-0.25, -0.2) is 9.67 Å². The highest BCUT2D eigenvalue weighted by Crippen LogP contribution is 2.75. The number of allylic oxidation sites excluding steroid dienone is 1. The smallest absolute Gasteiger partial charge is 0.307 e. The van der Waals surface area contributed by atoms with Crippen molar-refractivity contribution in [2.24, 2.45) is 68.3 Å². The van der Waals surface area contributed by atoms with E-state index in [1.807, 2.05) is 0 Å². The van der Waals surface area contributed by atoms with Gasteiger partial charge in [0.2, 0.25) is 0 Å². The third-order valence-electron chi connectivity index (χ3n) is 16.3. The molecule has 3 N–H and O–H groups in total. The summed E-state index contributed by atoms with van der Waals surface area (Å²) in [4.78, 5) is 18.2. The summed E-state index contributed by atoms with van der Waals surface area (Å²) in [6.45, 7) is 26.7. The molecule has 12 atom stereocenters. The Morgan fingerprint density at radius 2 is 1.83 bits per heavy atom. The monoisotopic (exact) mass is 667 g/mol. The highest BCUT2D eigenvalue weighted by Gasteiger charge is 2.72. The Hall–Kier alpha value is -1.77. The van der Waals surface area contributed by atoms with Gasteiger partial charge in [0.25, 0.3) is 0 Å². The van der Waals surface area contributed by atoms with E-state index in [1.165, 1.54) is 0 Å². The van der Waals surface area contributed by atoms with Crippen LogP contribution in [0.2, 0.25) is 0 Å². The Labute approximate surface area is 290 Å². The van der Waals surface area contributed by atoms with Gasteiger partial charge in [0.1, 0.15) is 12.2 Å². The third-order valence-corrected chi connectivity index (χ3v) is 16.3. The molecule has 8 heteroatoms. The first kappa shape index (κ1) is 36.0. The summed E-state index contributed by atoms with van der Waals surface area (Å²) >= 11 is 0. The van der Waals surface area contributed by atoms with Crippen molar-refractivity contribution in [3.63, 3.8) is 0 Å². The van der Waals surface area contributed by atoms with Crippen molar-refractivity contribution in [1.29, 1.82) is 0 Å². The molecule has 0 aromatic carbocycles. The number of hydrogen-bond acceptors (Lipinski definition) is 6. The molecule has 8 nitrogen and oxygen atoms in total. The van der Waals surface area contributed by atoms with Crippen LogP contribution in [0.25, 0.3) is 0 Å². The fourth-order valence-electron chi connectivity index (χ4n) is 12.4. The standard InChI is InChI=1S/C40H66N4O4/c1-12-31-42-23-43-44(31)29-19-40-22-47-20-36(8,33(29)48-21-39(11,41)25(4)5)30(40)14-13-27-28(40)15-16-38(10)32(34(45)46)35(7,26(6)24(2)3)17-18-37(27,38)9/h15,23-27,29-30,32-33H,12-14,16-22,41H2,1-11H3,(H,45,46)/t26-,27+,29-,30+,32-,33+,35-,36-,37-,38+,39+,40+/m1/s1. The fraction of sp³-hybridized carbons (Fsp3) is 0.875. The van der Waals surface area contributed by atoms with Gasteiger partial charge < -0.3 is 20.3 Å². The zero-order valence-electron chi connectivity index (χ0n) is 31.9. The molecule has 0 radical (unpaired) electrons. The summed E-state index contributed by atoms with van der Waals surface area (Å²) in [5.41, 5.74) is 6.81.